The van der Waals surface area contributed by atoms with Gasteiger partial charge in [0, 0.05) is 13.1 Å². The van der Waals surface area contributed by atoms with Crippen LogP contribution in [0.15, 0.2) is 0 Å². The van der Waals surface area contributed by atoms with Gasteiger partial charge in [-0.15, -0.1) is 0 Å². The van der Waals surface area contributed by atoms with Crippen LogP contribution in [0.25, 0.3) is 0 Å². The molecule has 2 nitrogen and oxygen atoms in total. The summed E-state index contributed by atoms with van der Waals surface area (Å²) in [6.07, 6.45) is 9.28. The van der Waals surface area contributed by atoms with Crippen LogP contribution in [0.4, 0.5) is 0 Å². The zero-order valence-electron chi connectivity index (χ0n) is 10.8. The second-order valence-corrected chi connectivity index (χ2v) is 5.74. The molecule has 0 aliphatic heterocycles. The first kappa shape index (κ1) is 13.8. The van der Waals surface area contributed by atoms with Crippen molar-refractivity contribution in [2.75, 3.05) is 13.1 Å². The van der Waals surface area contributed by atoms with Gasteiger partial charge in [-0.3, -0.25) is 0 Å². The maximum Gasteiger partial charge on any atom is 0.166 e. The Labute approximate surface area is 106 Å². The van der Waals surface area contributed by atoms with Crippen molar-refractivity contribution in [3.8, 4) is 0 Å². The summed E-state index contributed by atoms with van der Waals surface area (Å²) in [5, 5.41) is 7.47. The minimum Gasteiger partial charge on any atom is -0.363 e. The molecule has 1 saturated carbocycles. The Balaban J connectivity index is 2.14. The van der Waals surface area contributed by atoms with Crippen LogP contribution < -0.4 is 10.6 Å². The van der Waals surface area contributed by atoms with Gasteiger partial charge in [0.15, 0.2) is 5.11 Å². The fraction of sp³-hybridized carbons (Fsp3) is 0.923. The van der Waals surface area contributed by atoms with Gasteiger partial charge in [-0.2, -0.15) is 0 Å². The first-order valence-electron chi connectivity index (χ1n) is 6.68. The molecule has 94 valence electrons. The third kappa shape index (κ3) is 5.15. The van der Waals surface area contributed by atoms with Crippen molar-refractivity contribution < 1.29 is 0 Å². The lowest BCUT2D eigenvalue weighted by Gasteiger charge is -2.34. The van der Waals surface area contributed by atoms with E-state index in [1.54, 1.807) is 0 Å². The zero-order valence-corrected chi connectivity index (χ0v) is 11.6. The molecule has 2 N–H and O–H groups in total. The molecule has 0 unspecified atom stereocenters. The quantitative estimate of drug-likeness (QED) is 0.572. The summed E-state index contributed by atoms with van der Waals surface area (Å²) < 4.78 is 0. The standard InChI is InChI=1S/C13H26N2S/c1-3-4-10-14-12(16)15-11-13(2)8-6-5-7-9-13/h3-11H2,1-2H3,(H2,14,15,16). The van der Waals surface area contributed by atoms with E-state index in [-0.39, 0.29) is 0 Å². The number of rotatable bonds is 5. The van der Waals surface area contributed by atoms with Crippen molar-refractivity contribution in [3.05, 3.63) is 0 Å². The van der Waals surface area contributed by atoms with Crippen LogP contribution >= 0.6 is 12.2 Å². The highest BCUT2D eigenvalue weighted by Gasteiger charge is 2.26. The first-order chi connectivity index (χ1) is 7.66. The largest absolute Gasteiger partial charge is 0.363 e. The van der Waals surface area contributed by atoms with E-state index in [4.69, 9.17) is 12.2 Å². The Bertz CT molecular complexity index is 210. The average Bonchev–Trinajstić information content (AvgIpc) is 2.28. The summed E-state index contributed by atoms with van der Waals surface area (Å²) >= 11 is 5.26. The van der Waals surface area contributed by atoms with Crippen LogP contribution in [-0.4, -0.2) is 18.2 Å². The van der Waals surface area contributed by atoms with E-state index >= 15 is 0 Å². The normalized spacial score (nSPS) is 19.1. The fourth-order valence-electron chi connectivity index (χ4n) is 2.32. The summed E-state index contributed by atoms with van der Waals surface area (Å²) in [6.45, 7) is 6.61. The first-order valence-corrected chi connectivity index (χ1v) is 7.09. The van der Waals surface area contributed by atoms with E-state index < -0.39 is 0 Å². The fourth-order valence-corrected chi connectivity index (χ4v) is 2.49. The lowest BCUT2D eigenvalue weighted by atomic mass is 9.76. The average molecular weight is 242 g/mol. The third-order valence-electron chi connectivity index (χ3n) is 3.55. The number of thiocarbonyl (C=S) groups is 1. The van der Waals surface area contributed by atoms with E-state index in [0.29, 0.717) is 5.41 Å². The predicted molar refractivity (Wildman–Crippen MR) is 74.7 cm³/mol. The van der Waals surface area contributed by atoms with Gasteiger partial charge in [0.05, 0.1) is 0 Å². The molecule has 1 aliphatic rings. The molecule has 0 heterocycles. The Hall–Kier alpha value is -0.310. The van der Waals surface area contributed by atoms with Gasteiger partial charge in [-0.1, -0.05) is 39.5 Å². The highest BCUT2D eigenvalue weighted by atomic mass is 32.1. The van der Waals surface area contributed by atoms with E-state index in [0.717, 1.165) is 18.2 Å². The van der Waals surface area contributed by atoms with Crippen molar-refractivity contribution in [1.29, 1.82) is 0 Å². The maximum atomic E-state index is 5.26. The summed E-state index contributed by atoms with van der Waals surface area (Å²) in [7, 11) is 0. The van der Waals surface area contributed by atoms with Crippen molar-refractivity contribution in [1.82, 2.24) is 10.6 Å². The van der Waals surface area contributed by atoms with Gasteiger partial charge in [0.25, 0.3) is 0 Å². The van der Waals surface area contributed by atoms with Crippen molar-refractivity contribution >= 4 is 17.3 Å². The van der Waals surface area contributed by atoms with Crippen LogP contribution in [0.5, 0.6) is 0 Å². The second kappa shape index (κ2) is 7.10. The molecule has 0 atom stereocenters. The molecule has 0 bridgehead atoms. The third-order valence-corrected chi connectivity index (χ3v) is 3.84. The Morgan fingerprint density at radius 2 is 1.88 bits per heavy atom. The van der Waals surface area contributed by atoms with Crippen molar-refractivity contribution in [3.63, 3.8) is 0 Å². The molecule has 0 aromatic rings. The van der Waals surface area contributed by atoms with Gasteiger partial charge in [-0.05, 0) is 36.9 Å². The zero-order chi connectivity index (χ0) is 11.9. The Kier molecular flexibility index (Phi) is 6.10. The number of nitrogens with one attached hydrogen (secondary N) is 2. The molecule has 0 radical (unpaired) electrons. The molecule has 16 heavy (non-hydrogen) atoms. The molecule has 0 aromatic carbocycles. The van der Waals surface area contributed by atoms with Gasteiger partial charge < -0.3 is 10.6 Å². The van der Waals surface area contributed by atoms with E-state index in [1.807, 2.05) is 0 Å². The lowest BCUT2D eigenvalue weighted by Crippen LogP contribution is -2.42. The minimum atomic E-state index is 0.467. The highest BCUT2D eigenvalue weighted by Crippen LogP contribution is 2.34. The van der Waals surface area contributed by atoms with Crippen LogP contribution in [0, 0.1) is 5.41 Å². The van der Waals surface area contributed by atoms with Crippen LogP contribution in [-0.2, 0) is 0 Å². The lowest BCUT2D eigenvalue weighted by molar-refractivity contribution is 0.218. The predicted octanol–water partition coefficient (Wildman–Crippen LogP) is 3.22. The number of hydrogen-bond donors (Lipinski definition) is 2. The monoisotopic (exact) mass is 242 g/mol. The van der Waals surface area contributed by atoms with E-state index in [9.17, 15) is 0 Å². The second-order valence-electron chi connectivity index (χ2n) is 5.33. The molecule has 1 aliphatic carbocycles. The summed E-state index contributed by atoms with van der Waals surface area (Å²) in [5.41, 5.74) is 0.467. The Morgan fingerprint density at radius 1 is 1.19 bits per heavy atom. The summed E-state index contributed by atoms with van der Waals surface area (Å²) in [5.74, 6) is 0. The molecular weight excluding hydrogens is 216 g/mol. The van der Waals surface area contributed by atoms with Crippen molar-refractivity contribution in [2.24, 2.45) is 5.41 Å². The van der Waals surface area contributed by atoms with Crippen LogP contribution in [0.2, 0.25) is 0 Å². The minimum absolute atomic E-state index is 0.467. The number of unbranched alkanes of at least 4 members (excludes halogenated alkanes) is 1. The molecular formula is C13H26N2S. The van der Waals surface area contributed by atoms with Crippen LogP contribution in [0.3, 0.4) is 0 Å². The van der Waals surface area contributed by atoms with E-state index in [2.05, 4.69) is 24.5 Å². The molecule has 1 fully saturated rings. The molecule has 3 heteroatoms. The molecule has 0 saturated heterocycles. The molecule has 0 aromatic heterocycles. The van der Waals surface area contributed by atoms with E-state index in [1.165, 1.54) is 44.9 Å². The van der Waals surface area contributed by atoms with Crippen molar-refractivity contribution in [2.45, 2.75) is 58.8 Å². The van der Waals surface area contributed by atoms with Gasteiger partial charge in [0.1, 0.15) is 0 Å². The number of hydrogen-bond acceptors (Lipinski definition) is 1. The summed E-state index contributed by atoms with van der Waals surface area (Å²) in [6, 6.07) is 0. The smallest absolute Gasteiger partial charge is 0.166 e. The Morgan fingerprint density at radius 3 is 2.50 bits per heavy atom. The van der Waals surface area contributed by atoms with Crippen LogP contribution in [0.1, 0.15) is 58.8 Å². The maximum absolute atomic E-state index is 5.26. The topological polar surface area (TPSA) is 24.1 Å². The highest BCUT2D eigenvalue weighted by molar-refractivity contribution is 7.80. The SMILES string of the molecule is CCCCNC(=S)NCC1(C)CCCCC1. The van der Waals surface area contributed by atoms with Gasteiger partial charge >= 0.3 is 0 Å². The molecule has 0 amide bonds. The summed E-state index contributed by atoms with van der Waals surface area (Å²) in [4.78, 5) is 0. The van der Waals surface area contributed by atoms with Gasteiger partial charge in [0.2, 0.25) is 0 Å². The molecule has 1 rings (SSSR count). The molecule has 0 spiro atoms. The van der Waals surface area contributed by atoms with Gasteiger partial charge in [-0.25, -0.2) is 0 Å².